The molecule has 0 unspecified atom stereocenters. The van der Waals surface area contributed by atoms with Gasteiger partial charge in [-0.1, -0.05) is 29.4 Å². The lowest BCUT2D eigenvalue weighted by atomic mass is 10.0. The second kappa shape index (κ2) is 5.55. The van der Waals surface area contributed by atoms with E-state index < -0.39 is 0 Å². The number of carbonyl (C=O) groups is 1. The van der Waals surface area contributed by atoms with Gasteiger partial charge in [0.2, 0.25) is 0 Å². The molecule has 0 bridgehead atoms. The number of benzene rings is 1. The van der Waals surface area contributed by atoms with Crippen molar-refractivity contribution in [1.29, 1.82) is 0 Å². The molecule has 1 amide bonds. The smallest absolute Gasteiger partial charge is 0.271 e. The second-order valence-corrected chi connectivity index (χ2v) is 4.26. The van der Waals surface area contributed by atoms with Gasteiger partial charge in [0, 0.05) is 12.0 Å². The molecule has 21 heavy (non-hydrogen) atoms. The highest BCUT2D eigenvalue weighted by Crippen LogP contribution is 2.16. The van der Waals surface area contributed by atoms with Gasteiger partial charge in [0.05, 0.1) is 5.70 Å². The molecule has 1 aliphatic carbocycles. The van der Waals surface area contributed by atoms with Crippen molar-refractivity contribution in [3.8, 4) is 0 Å². The molecule has 1 aliphatic rings. The predicted octanol–water partition coefficient (Wildman–Crippen LogP) is 0.622. The van der Waals surface area contributed by atoms with Crippen LogP contribution in [0.2, 0.25) is 0 Å². The van der Waals surface area contributed by atoms with Gasteiger partial charge in [-0.15, -0.1) is 0 Å². The first-order valence-corrected chi connectivity index (χ1v) is 6.15. The van der Waals surface area contributed by atoms with E-state index in [1.54, 1.807) is 30.3 Å². The number of hydrazone groups is 1. The Labute approximate surface area is 119 Å². The molecule has 8 nitrogen and oxygen atoms in total. The molecule has 2 aromatic rings. The van der Waals surface area contributed by atoms with Crippen molar-refractivity contribution < 1.29 is 14.6 Å². The van der Waals surface area contributed by atoms with Gasteiger partial charge in [0.25, 0.3) is 5.91 Å². The fraction of sp³-hybridized carbons (Fsp3) is 0.0769. The number of aromatic nitrogens is 2. The van der Waals surface area contributed by atoms with Crippen LogP contribution in [0, 0.1) is 0 Å². The molecule has 3 rings (SSSR count). The molecule has 0 fully saturated rings. The van der Waals surface area contributed by atoms with Crippen LogP contribution in [-0.4, -0.2) is 27.1 Å². The Morgan fingerprint density at radius 3 is 2.86 bits per heavy atom. The van der Waals surface area contributed by atoms with Crippen molar-refractivity contribution in [3.63, 3.8) is 0 Å². The summed E-state index contributed by atoms with van der Waals surface area (Å²) in [7, 11) is 0. The third kappa shape index (κ3) is 2.51. The third-order valence-electron chi connectivity index (χ3n) is 2.96. The van der Waals surface area contributed by atoms with E-state index in [-0.39, 0.29) is 11.6 Å². The summed E-state index contributed by atoms with van der Waals surface area (Å²) in [5, 5.41) is 20.6. The fourth-order valence-electron chi connectivity index (χ4n) is 1.92. The van der Waals surface area contributed by atoms with Crippen molar-refractivity contribution in [2.45, 2.75) is 6.42 Å². The van der Waals surface area contributed by atoms with E-state index in [9.17, 15) is 4.79 Å². The highest BCUT2D eigenvalue weighted by Gasteiger charge is 2.24. The van der Waals surface area contributed by atoms with Gasteiger partial charge in [-0.3, -0.25) is 15.5 Å². The van der Waals surface area contributed by atoms with Crippen LogP contribution in [0.15, 0.2) is 51.8 Å². The number of hydroxylamine groups is 1. The zero-order chi connectivity index (χ0) is 14.7. The largest absolute Gasteiger partial charge is 0.291 e. The van der Waals surface area contributed by atoms with Gasteiger partial charge < -0.3 is 0 Å². The van der Waals surface area contributed by atoms with Gasteiger partial charge in [-0.2, -0.15) is 5.10 Å². The summed E-state index contributed by atoms with van der Waals surface area (Å²) in [5.74, 6) is -0.371. The summed E-state index contributed by atoms with van der Waals surface area (Å²) in [5.41, 5.74) is 6.44. The molecule has 0 spiro atoms. The number of hydrogen-bond donors (Lipinski definition) is 3. The number of allylic oxidation sites excluding steroid dienone is 2. The molecule has 0 radical (unpaired) electrons. The van der Waals surface area contributed by atoms with Crippen molar-refractivity contribution in [2.24, 2.45) is 5.10 Å². The topological polar surface area (TPSA) is 113 Å². The second-order valence-electron chi connectivity index (χ2n) is 4.26. The van der Waals surface area contributed by atoms with Crippen LogP contribution in [0.1, 0.15) is 21.7 Å². The number of fused-ring (bicyclic) bond motifs is 1. The molecule has 0 aliphatic heterocycles. The Bertz CT molecular complexity index is 720. The van der Waals surface area contributed by atoms with E-state index in [1.807, 2.05) is 11.5 Å². The fourth-order valence-corrected chi connectivity index (χ4v) is 1.92. The molecule has 1 aromatic carbocycles. The molecule has 0 saturated heterocycles. The summed E-state index contributed by atoms with van der Waals surface area (Å²) in [6.07, 6.45) is 2.12. The first-order chi connectivity index (χ1) is 10.3. The van der Waals surface area contributed by atoms with Crippen molar-refractivity contribution >= 4 is 11.6 Å². The van der Waals surface area contributed by atoms with E-state index in [0.29, 0.717) is 29.1 Å². The minimum atomic E-state index is -0.371. The zero-order valence-corrected chi connectivity index (χ0v) is 10.8. The van der Waals surface area contributed by atoms with E-state index in [2.05, 4.69) is 25.5 Å². The maximum absolute atomic E-state index is 12.0. The van der Waals surface area contributed by atoms with E-state index in [1.165, 1.54) is 0 Å². The summed E-state index contributed by atoms with van der Waals surface area (Å²) in [6.45, 7) is 0. The quantitative estimate of drug-likeness (QED) is 0.713. The number of nitrogens with zero attached hydrogens (tertiary/aromatic N) is 3. The Morgan fingerprint density at radius 2 is 2.10 bits per heavy atom. The lowest BCUT2D eigenvalue weighted by Gasteiger charge is -2.12. The maximum Gasteiger partial charge on any atom is 0.271 e. The minimum absolute atomic E-state index is 0.254. The Hall–Kier alpha value is -3.00. The number of carbonyl (C=O) groups excluding carboxylic acids is 1. The van der Waals surface area contributed by atoms with Crippen molar-refractivity contribution in [3.05, 3.63) is 59.1 Å². The lowest BCUT2D eigenvalue weighted by Crippen LogP contribution is -2.27. The molecule has 1 aromatic heterocycles. The van der Waals surface area contributed by atoms with Crippen LogP contribution in [0.4, 0.5) is 0 Å². The van der Waals surface area contributed by atoms with Crippen LogP contribution in [0.25, 0.3) is 0 Å². The molecule has 106 valence electrons. The number of hydrogen-bond acceptors (Lipinski definition) is 7. The average Bonchev–Trinajstić information content (AvgIpc) is 3.01. The molecule has 1 heterocycles. The van der Waals surface area contributed by atoms with Gasteiger partial charge in [0.1, 0.15) is 11.4 Å². The van der Waals surface area contributed by atoms with E-state index in [0.717, 1.165) is 0 Å². The summed E-state index contributed by atoms with van der Waals surface area (Å²) >= 11 is 0. The van der Waals surface area contributed by atoms with Crippen LogP contribution in [0.5, 0.6) is 0 Å². The number of nitrogens with one attached hydrogen (secondary N) is 2. The van der Waals surface area contributed by atoms with Crippen molar-refractivity contribution in [2.75, 3.05) is 0 Å². The minimum Gasteiger partial charge on any atom is -0.291 e. The number of rotatable bonds is 3. The lowest BCUT2D eigenvalue weighted by molar-refractivity contribution is 0.0954. The molecular weight excluding hydrogens is 274 g/mol. The van der Waals surface area contributed by atoms with Gasteiger partial charge in [-0.05, 0) is 17.3 Å². The van der Waals surface area contributed by atoms with Gasteiger partial charge in [-0.25, -0.2) is 10.1 Å². The molecule has 3 N–H and O–H groups in total. The predicted molar refractivity (Wildman–Crippen MR) is 71.5 cm³/mol. The SMILES string of the molecule is O=C(NN=C1C(NO)=CCc2nonc21)c1ccccc1. The molecule has 0 saturated carbocycles. The van der Waals surface area contributed by atoms with Gasteiger partial charge in [0.15, 0.2) is 5.69 Å². The first kappa shape index (κ1) is 13.0. The van der Waals surface area contributed by atoms with Crippen LogP contribution in [0.3, 0.4) is 0 Å². The van der Waals surface area contributed by atoms with E-state index in [4.69, 9.17) is 5.21 Å². The highest BCUT2D eigenvalue weighted by atomic mass is 16.6. The zero-order valence-electron chi connectivity index (χ0n) is 10.8. The Balaban J connectivity index is 1.86. The molecular formula is C13H11N5O3. The third-order valence-corrected chi connectivity index (χ3v) is 2.96. The first-order valence-electron chi connectivity index (χ1n) is 6.15. The van der Waals surface area contributed by atoms with Crippen LogP contribution < -0.4 is 10.9 Å². The van der Waals surface area contributed by atoms with Crippen LogP contribution >= 0.6 is 0 Å². The molecule has 0 atom stereocenters. The Morgan fingerprint density at radius 1 is 1.29 bits per heavy atom. The van der Waals surface area contributed by atoms with Crippen LogP contribution in [-0.2, 0) is 6.42 Å². The normalized spacial score (nSPS) is 15.3. The number of amides is 1. The monoisotopic (exact) mass is 285 g/mol. The summed E-state index contributed by atoms with van der Waals surface area (Å²) in [4.78, 5) is 12.0. The standard InChI is InChI=1S/C13H11N5O3/c19-13(8-4-2-1-3-5-8)15-14-11-9(16-20)6-7-10-12(11)18-21-17-10/h1-6,16,20H,7H2,(H,15,19). The molecule has 8 heteroatoms. The maximum atomic E-state index is 12.0. The summed E-state index contributed by atoms with van der Waals surface area (Å²) < 4.78 is 4.65. The van der Waals surface area contributed by atoms with Gasteiger partial charge >= 0.3 is 0 Å². The average molecular weight is 285 g/mol. The van der Waals surface area contributed by atoms with Crippen molar-refractivity contribution in [1.82, 2.24) is 21.2 Å². The van der Waals surface area contributed by atoms with E-state index >= 15 is 0 Å². The summed E-state index contributed by atoms with van der Waals surface area (Å²) in [6, 6.07) is 8.65. The Kier molecular flexibility index (Phi) is 3.44. The highest BCUT2D eigenvalue weighted by molar-refractivity contribution is 6.12.